The second-order valence-corrected chi connectivity index (χ2v) is 3.57. The van der Waals surface area contributed by atoms with E-state index in [9.17, 15) is 14.4 Å². The molecule has 0 unspecified atom stereocenters. The molecule has 1 aliphatic heterocycles. The first-order valence-electron chi connectivity index (χ1n) is 5.38. The van der Waals surface area contributed by atoms with Crippen molar-refractivity contribution in [3.05, 3.63) is 0 Å². The molecule has 1 aliphatic rings. The lowest BCUT2D eigenvalue weighted by Crippen LogP contribution is -2.30. The van der Waals surface area contributed by atoms with Gasteiger partial charge in [-0.1, -0.05) is 19.8 Å². The van der Waals surface area contributed by atoms with E-state index in [1.54, 1.807) is 0 Å². The van der Waals surface area contributed by atoms with Crippen molar-refractivity contribution in [2.75, 3.05) is 0 Å². The molecule has 0 aliphatic carbocycles. The van der Waals surface area contributed by atoms with Crippen LogP contribution in [0.5, 0.6) is 0 Å². The first-order chi connectivity index (χ1) is 7.65. The van der Waals surface area contributed by atoms with E-state index in [0.717, 1.165) is 12.8 Å². The Bertz CT molecular complexity index is 273. The zero-order chi connectivity index (χ0) is 12.0. The van der Waals surface area contributed by atoms with Gasteiger partial charge in [-0.15, -0.1) is 5.06 Å². The van der Waals surface area contributed by atoms with Gasteiger partial charge in [0.15, 0.2) is 0 Å². The summed E-state index contributed by atoms with van der Waals surface area (Å²) in [6.07, 6.45) is 3.07. The maximum Gasteiger partial charge on any atom is 0.345 e. The Hall–Kier alpha value is -1.43. The van der Waals surface area contributed by atoms with Crippen LogP contribution < -0.4 is 0 Å². The molecular weight excluding hydrogens is 214 g/mol. The van der Waals surface area contributed by atoms with Gasteiger partial charge in [0.25, 0.3) is 11.8 Å². The van der Waals surface area contributed by atoms with Crippen molar-refractivity contribution in [1.29, 1.82) is 0 Å². The van der Waals surface area contributed by atoms with E-state index in [1.165, 1.54) is 0 Å². The summed E-state index contributed by atoms with van der Waals surface area (Å²) in [6, 6.07) is 0. The summed E-state index contributed by atoms with van der Waals surface area (Å²) < 4.78 is 0. The molecular formula is C10H15NO5. The number of unbranched alkanes of at least 4 members (excludes halogenated alkanes) is 2. The maximum atomic E-state index is 11.1. The van der Waals surface area contributed by atoms with Gasteiger partial charge in [0.05, 0.1) is 0 Å². The Morgan fingerprint density at radius 3 is 2.44 bits per heavy atom. The molecule has 1 saturated heterocycles. The minimum absolute atomic E-state index is 0.103. The maximum absolute atomic E-state index is 11.1. The van der Waals surface area contributed by atoms with Crippen LogP contribution >= 0.6 is 0 Å². The number of carbonyl (C=O) groups is 3. The van der Waals surface area contributed by atoms with Crippen LogP contribution in [-0.2, 0) is 24.3 Å². The van der Waals surface area contributed by atoms with E-state index >= 15 is 0 Å². The van der Waals surface area contributed by atoms with Gasteiger partial charge in [-0.25, -0.2) is 4.79 Å². The minimum atomic E-state index is -0.569. The van der Waals surface area contributed by atoms with Gasteiger partial charge in [-0.05, 0) is 11.4 Å². The molecule has 0 saturated carbocycles. The predicted octanol–water partition coefficient (Wildman–Crippen LogP) is 1.11. The van der Waals surface area contributed by atoms with Crippen molar-refractivity contribution < 1.29 is 24.3 Å². The summed E-state index contributed by atoms with van der Waals surface area (Å²) in [6.45, 7) is 2.02. The summed E-state index contributed by atoms with van der Waals surface area (Å²) in [5, 5.41) is 0.498. The lowest BCUT2D eigenvalue weighted by molar-refractivity contribution is -0.365. The quantitative estimate of drug-likeness (QED) is 0.295. The normalized spacial score (nSPS) is 15.7. The average molecular weight is 229 g/mol. The standard InChI is InChI=1S/C10H15NO5/c1-2-3-4-5-10(14)15-16-11-8(12)6-7-9(11)13/h2-7H2,1H3. The summed E-state index contributed by atoms with van der Waals surface area (Å²) in [5.74, 6) is -1.53. The van der Waals surface area contributed by atoms with Crippen molar-refractivity contribution in [2.45, 2.75) is 45.4 Å². The molecule has 0 aromatic carbocycles. The Morgan fingerprint density at radius 2 is 1.88 bits per heavy atom. The Morgan fingerprint density at radius 1 is 1.25 bits per heavy atom. The van der Waals surface area contributed by atoms with Gasteiger partial charge in [0.2, 0.25) is 0 Å². The van der Waals surface area contributed by atoms with Crippen LogP contribution in [0.1, 0.15) is 45.4 Å². The molecule has 0 bridgehead atoms. The van der Waals surface area contributed by atoms with Crippen molar-refractivity contribution in [3.63, 3.8) is 0 Å². The van der Waals surface area contributed by atoms with E-state index in [0.29, 0.717) is 11.5 Å². The van der Waals surface area contributed by atoms with Crippen LogP contribution in [0, 0.1) is 0 Å². The van der Waals surface area contributed by atoms with E-state index in [4.69, 9.17) is 0 Å². The van der Waals surface area contributed by atoms with Crippen LogP contribution in [0.2, 0.25) is 0 Å². The highest BCUT2D eigenvalue weighted by Crippen LogP contribution is 2.12. The largest absolute Gasteiger partial charge is 0.345 e. The van der Waals surface area contributed by atoms with Crippen LogP contribution in [0.15, 0.2) is 0 Å². The van der Waals surface area contributed by atoms with Gasteiger partial charge < -0.3 is 0 Å². The molecule has 16 heavy (non-hydrogen) atoms. The molecule has 1 fully saturated rings. The summed E-state index contributed by atoms with van der Waals surface area (Å²) in [4.78, 5) is 41.9. The molecule has 0 radical (unpaired) electrons. The van der Waals surface area contributed by atoms with Gasteiger partial charge in [0.1, 0.15) is 0 Å². The van der Waals surface area contributed by atoms with Crippen LogP contribution in [0.3, 0.4) is 0 Å². The van der Waals surface area contributed by atoms with Crippen LogP contribution in [-0.4, -0.2) is 22.8 Å². The van der Waals surface area contributed by atoms with Gasteiger partial charge in [0, 0.05) is 19.3 Å². The molecule has 0 aromatic rings. The molecule has 6 nitrogen and oxygen atoms in total. The fraction of sp³-hybridized carbons (Fsp3) is 0.700. The smallest absolute Gasteiger partial charge is 0.274 e. The number of rotatable bonds is 6. The molecule has 6 heteroatoms. The van der Waals surface area contributed by atoms with E-state index < -0.39 is 17.8 Å². The molecule has 0 aromatic heterocycles. The fourth-order valence-corrected chi connectivity index (χ4v) is 1.28. The van der Waals surface area contributed by atoms with Crippen molar-refractivity contribution in [2.24, 2.45) is 0 Å². The lowest BCUT2D eigenvalue weighted by Gasteiger charge is -2.10. The third-order valence-electron chi connectivity index (χ3n) is 2.19. The second-order valence-electron chi connectivity index (χ2n) is 3.57. The fourth-order valence-electron chi connectivity index (χ4n) is 1.28. The van der Waals surface area contributed by atoms with Crippen molar-refractivity contribution >= 4 is 17.8 Å². The number of hydrogen-bond donors (Lipinski definition) is 0. The van der Waals surface area contributed by atoms with E-state index in [1.807, 2.05) is 6.92 Å². The van der Waals surface area contributed by atoms with Crippen LogP contribution in [0.25, 0.3) is 0 Å². The lowest BCUT2D eigenvalue weighted by atomic mass is 10.2. The van der Waals surface area contributed by atoms with E-state index in [2.05, 4.69) is 9.88 Å². The van der Waals surface area contributed by atoms with Crippen molar-refractivity contribution in [3.8, 4) is 0 Å². The molecule has 0 N–H and O–H groups in total. The summed E-state index contributed by atoms with van der Waals surface area (Å²) in [5.41, 5.74) is 0. The zero-order valence-corrected chi connectivity index (χ0v) is 9.23. The number of hydrogen-bond acceptors (Lipinski definition) is 5. The summed E-state index contributed by atoms with van der Waals surface area (Å²) >= 11 is 0. The molecule has 0 spiro atoms. The SMILES string of the molecule is CCCCCC(=O)OON1C(=O)CCC1=O. The Balaban J connectivity index is 2.21. The Labute approximate surface area is 93.4 Å². The highest BCUT2D eigenvalue weighted by Gasteiger charge is 2.32. The summed E-state index contributed by atoms with van der Waals surface area (Å²) in [7, 11) is 0. The first kappa shape index (κ1) is 12.6. The number of imide groups is 1. The highest BCUT2D eigenvalue weighted by atomic mass is 17.3. The third-order valence-corrected chi connectivity index (χ3v) is 2.19. The highest BCUT2D eigenvalue weighted by molar-refractivity contribution is 6.00. The van der Waals surface area contributed by atoms with Gasteiger partial charge in [-0.3, -0.25) is 14.5 Å². The Kier molecular flexibility index (Phi) is 4.91. The number of amides is 2. The molecule has 0 atom stereocenters. The molecule has 1 rings (SSSR count). The second kappa shape index (κ2) is 6.22. The predicted molar refractivity (Wildman–Crippen MR) is 52.4 cm³/mol. The number of carbonyl (C=O) groups excluding carboxylic acids is 3. The van der Waals surface area contributed by atoms with Gasteiger partial charge >= 0.3 is 5.97 Å². The molecule has 2 amide bonds. The topological polar surface area (TPSA) is 72.9 Å². The number of nitrogens with zero attached hydrogens (tertiary/aromatic N) is 1. The van der Waals surface area contributed by atoms with Crippen LogP contribution in [0.4, 0.5) is 0 Å². The van der Waals surface area contributed by atoms with E-state index in [-0.39, 0.29) is 19.3 Å². The monoisotopic (exact) mass is 229 g/mol. The first-order valence-corrected chi connectivity index (χ1v) is 5.38. The third kappa shape index (κ3) is 3.62. The van der Waals surface area contributed by atoms with Crippen molar-refractivity contribution in [1.82, 2.24) is 5.06 Å². The minimum Gasteiger partial charge on any atom is -0.274 e. The van der Waals surface area contributed by atoms with Gasteiger partial charge in [-0.2, -0.15) is 0 Å². The number of hydroxylamine groups is 2. The molecule has 1 heterocycles. The molecule has 90 valence electrons. The average Bonchev–Trinajstić information content (AvgIpc) is 2.57. The zero-order valence-electron chi connectivity index (χ0n) is 9.23.